The number of rotatable bonds is 5. The molecule has 1 N–H and O–H groups in total. The van der Waals surface area contributed by atoms with Crippen LogP contribution in [0.2, 0.25) is 0 Å². The van der Waals surface area contributed by atoms with Gasteiger partial charge in [-0.3, -0.25) is 4.79 Å². The first-order valence-electron chi connectivity index (χ1n) is 8.85. The average Bonchev–Trinajstić information content (AvgIpc) is 3.42. The number of hydrogen-bond donors (Lipinski definition) is 1. The van der Waals surface area contributed by atoms with Crippen molar-refractivity contribution in [3.63, 3.8) is 0 Å². The Morgan fingerprint density at radius 3 is 2.61 bits per heavy atom. The molecule has 4 aromatic rings. The van der Waals surface area contributed by atoms with Crippen molar-refractivity contribution in [3.8, 4) is 11.5 Å². The Labute approximate surface area is 172 Å². The lowest BCUT2D eigenvalue weighted by atomic mass is 10.2. The molecule has 12 heteroatoms. The molecule has 0 aliphatic heterocycles. The monoisotopic (exact) mass is 431 g/mol. The highest BCUT2D eigenvalue weighted by Crippen LogP contribution is 2.32. The predicted octanol–water partition coefficient (Wildman–Crippen LogP) is 2.94. The molecular weight excluding hydrogens is 418 g/mol. The van der Waals surface area contributed by atoms with E-state index in [-0.39, 0.29) is 12.2 Å². The van der Waals surface area contributed by atoms with Crippen molar-refractivity contribution in [1.29, 1.82) is 0 Å². The van der Waals surface area contributed by atoms with Crippen LogP contribution in [0.1, 0.15) is 21.7 Å². The van der Waals surface area contributed by atoms with E-state index < -0.39 is 29.3 Å². The number of carbonyl (C=O) groups is 1. The third kappa shape index (κ3) is 4.27. The lowest BCUT2D eigenvalue weighted by Gasteiger charge is -2.11. The molecule has 0 saturated heterocycles. The van der Waals surface area contributed by atoms with Crippen LogP contribution in [0.3, 0.4) is 0 Å². The number of alkyl halides is 3. The van der Waals surface area contributed by atoms with E-state index in [1.807, 2.05) is 0 Å². The maximum absolute atomic E-state index is 13.6. The summed E-state index contributed by atoms with van der Waals surface area (Å²) in [4.78, 5) is 16.6. The molecule has 0 saturated carbocycles. The van der Waals surface area contributed by atoms with Crippen LogP contribution in [0.15, 0.2) is 61.1 Å². The topological polar surface area (TPSA) is 90.5 Å². The summed E-state index contributed by atoms with van der Waals surface area (Å²) in [7, 11) is 0. The number of halogens is 4. The van der Waals surface area contributed by atoms with Crippen molar-refractivity contribution in [2.75, 3.05) is 0 Å². The number of hydrogen-bond acceptors (Lipinski definition) is 5. The standard InChI is InChI=1S/C19H13F4N7O/c20-13-3-1-4-14(9-13)30-17(19(21,22)23)16(27-28-30)18(31)25-11-12-5-6-15(24-10-12)29-8-2-7-26-29/h1-10H,11H2,(H,25,31). The second-order valence-electron chi connectivity index (χ2n) is 6.33. The normalized spacial score (nSPS) is 11.5. The minimum atomic E-state index is -4.95. The summed E-state index contributed by atoms with van der Waals surface area (Å²) < 4.78 is 56.3. The van der Waals surface area contributed by atoms with Crippen LogP contribution < -0.4 is 5.32 Å². The van der Waals surface area contributed by atoms with Gasteiger partial charge in [0.1, 0.15) is 5.82 Å². The molecule has 0 fully saturated rings. The van der Waals surface area contributed by atoms with Gasteiger partial charge >= 0.3 is 6.18 Å². The molecule has 1 amide bonds. The summed E-state index contributed by atoms with van der Waals surface area (Å²) in [5.41, 5.74) is -1.98. The van der Waals surface area contributed by atoms with Crippen LogP contribution in [0.4, 0.5) is 17.6 Å². The molecule has 1 aromatic carbocycles. The van der Waals surface area contributed by atoms with Gasteiger partial charge in [-0.15, -0.1) is 5.10 Å². The van der Waals surface area contributed by atoms with Crippen LogP contribution in [-0.2, 0) is 12.7 Å². The molecule has 3 aromatic heterocycles. The second kappa shape index (κ2) is 7.97. The van der Waals surface area contributed by atoms with Crippen molar-refractivity contribution in [1.82, 2.24) is 35.1 Å². The third-order valence-corrected chi connectivity index (χ3v) is 4.21. The highest BCUT2D eigenvalue weighted by Gasteiger charge is 2.42. The number of amides is 1. The molecule has 0 radical (unpaired) electrons. The van der Waals surface area contributed by atoms with Gasteiger partial charge in [-0.05, 0) is 35.9 Å². The van der Waals surface area contributed by atoms with E-state index in [0.29, 0.717) is 16.1 Å². The molecule has 4 rings (SSSR count). The molecule has 0 aliphatic carbocycles. The fraction of sp³-hybridized carbons (Fsp3) is 0.105. The van der Waals surface area contributed by atoms with Crippen LogP contribution in [0.5, 0.6) is 0 Å². The predicted molar refractivity (Wildman–Crippen MR) is 98.8 cm³/mol. The average molecular weight is 431 g/mol. The number of pyridine rings is 1. The third-order valence-electron chi connectivity index (χ3n) is 4.21. The van der Waals surface area contributed by atoms with Gasteiger partial charge in [0, 0.05) is 25.1 Å². The minimum absolute atomic E-state index is 0.0880. The number of nitrogens with one attached hydrogen (secondary N) is 1. The summed E-state index contributed by atoms with van der Waals surface area (Å²) >= 11 is 0. The number of nitrogens with zero attached hydrogens (tertiary/aromatic N) is 6. The lowest BCUT2D eigenvalue weighted by molar-refractivity contribution is -0.143. The molecule has 0 spiro atoms. The summed E-state index contributed by atoms with van der Waals surface area (Å²) in [5.74, 6) is -1.29. The van der Waals surface area contributed by atoms with E-state index >= 15 is 0 Å². The largest absolute Gasteiger partial charge is 0.435 e. The molecule has 0 unspecified atom stereocenters. The van der Waals surface area contributed by atoms with Crippen molar-refractivity contribution >= 4 is 5.91 Å². The van der Waals surface area contributed by atoms with Gasteiger partial charge in [-0.25, -0.2) is 18.7 Å². The van der Waals surface area contributed by atoms with Gasteiger partial charge < -0.3 is 5.32 Å². The molecule has 31 heavy (non-hydrogen) atoms. The van der Waals surface area contributed by atoms with E-state index in [2.05, 4.69) is 25.7 Å². The van der Waals surface area contributed by atoms with E-state index in [9.17, 15) is 22.4 Å². The zero-order valence-corrected chi connectivity index (χ0v) is 15.6. The molecular formula is C19H13F4N7O. The zero-order valence-electron chi connectivity index (χ0n) is 15.6. The smallest absolute Gasteiger partial charge is 0.346 e. The maximum atomic E-state index is 13.6. The van der Waals surface area contributed by atoms with Crippen molar-refractivity contribution in [2.24, 2.45) is 0 Å². The number of benzene rings is 1. The summed E-state index contributed by atoms with van der Waals surface area (Å²) in [5, 5.41) is 13.2. The number of carbonyl (C=O) groups excluding carboxylic acids is 1. The van der Waals surface area contributed by atoms with Crippen LogP contribution >= 0.6 is 0 Å². The van der Waals surface area contributed by atoms with Gasteiger partial charge in [0.2, 0.25) is 0 Å². The van der Waals surface area contributed by atoms with Crippen LogP contribution in [0.25, 0.3) is 11.5 Å². The first kappa shape index (κ1) is 20.2. The van der Waals surface area contributed by atoms with E-state index in [0.717, 1.165) is 12.1 Å². The Morgan fingerprint density at radius 1 is 1.13 bits per heavy atom. The SMILES string of the molecule is O=C(NCc1ccc(-n2cccn2)nc1)c1nnn(-c2cccc(F)c2)c1C(F)(F)F. The lowest BCUT2D eigenvalue weighted by Crippen LogP contribution is -2.27. The van der Waals surface area contributed by atoms with Crippen LogP contribution in [0, 0.1) is 5.82 Å². The Bertz CT molecular complexity index is 1200. The Morgan fingerprint density at radius 2 is 1.97 bits per heavy atom. The Balaban J connectivity index is 1.54. The first-order valence-corrected chi connectivity index (χ1v) is 8.85. The molecule has 3 heterocycles. The van der Waals surface area contributed by atoms with Crippen molar-refractivity contribution in [2.45, 2.75) is 12.7 Å². The number of aromatic nitrogens is 6. The van der Waals surface area contributed by atoms with Gasteiger partial charge in [-0.2, -0.15) is 18.3 Å². The van der Waals surface area contributed by atoms with Gasteiger partial charge in [0.15, 0.2) is 17.2 Å². The van der Waals surface area contributed by atoms with E-state index in [1.54, 1.807) is 30.6 Å². The molecule has 0 atom stereocenters. The zero-order chi connectivity index (χ0) is 22.0. The molecule has 158 valence electrons. The summed E-state index contributed by atoms with van der Waals surface area (Å²) in [6.07, 6.45) is -0.198. The highest BCUT2D eigenvalue weighted by molar-refractivity contribution is 5.93. The fourth-order valence-electron chi connectivity index (χ4n) is 2.80. The van der Waals surface area contributed by atoms with E-state index in [4.69, 9.17) is 0 Å². The second-order valence-corrected chi connectivity index (χ2v) is 6.33. The minimum Gasteiger partial charge on any atom is -0.346 e. The van der Waals surface area contributed by atoms with Crippen molar-refractivity contribution < 1.29 is 22.4 Å². The van der Waals surface area contributed by atoms with Gasteiger partial charge in [0.05, 0.1) is 5.69 Å². The summed E-state index contributed by atoms with van der Waals surface area (Å²) in [6.45, 7) is -0.0880. The van der Waals surface area contributed by atoms with Gasteiger partial charge in [-0.1, -0.05) is 17.3 Å². The Hall–Kier alpha value is -4.09. The first-order chi connectivity index (χ1) is 14.8. The summed E-state index contributed by atoms with van der Waals surface area (Å²) in [6, 6.07) is 9.42. The Kier molecular flexibility index (Phi) is 5.19. The molecule has 0 aliphatic rings. The van der Waals surface area contributed by atoms with Crippen LogP contribution in [-0.4, -0.2) is 35.7 Å². The quantitative estimate of drug-likeness (QED) is 0.491. The highest BCUT2D eigenvalue weighted by atomic mass is 19.4. The van der Waals surface area contributed by atoms with Gasteiger partial charge in [0.25, 0.3) is 5.91 Å². The van der Waals surface area contributed by atoms with Crippen molar-refractivity contribution in [3.05, 3.63) is 83.8 Å². The molecule has 0 bridgehead atoms. The molecule has 8 nitrogen and oxygen atoms in total. The maximum Gasteiger partial charge on any atom is 0.435 e. The fourth-order valence-corrected chi connectivity index (χ4v) is 2.80. The van der Waals surface area contributed by atoms with E-state index in [1.165, 1.54) is 23.0 Å².